The lowest BCUT2D eigenvalue weighted by atomic mass is 10.2. The third-order valence-electron chi connectivity index (χ3n) is 5.41. The summed E-state index contributed by atoms with van der Waals surface area (Å²) in [7, 11) is 0. The van der Waals surface area contributed by atoms with E-state index in [-0.39, 0.29) is 34.1 Å². The molecular weight excluding hydrogens is 521 g/mol. The van der Waals surface area contributed by atoms with Crippen LogP contribution in [0.25, 0.3) is 11.0 Å². The monoisotopic (exact) mass is 538 g/mol. The van der Waals surface area contributed by atoms with Crippen LogP contribution < -0.4 is 19.6 Å². The zero-order valence-electron chi connectivity index (χ0n) is 19.5. The first-order valence-electron chi connectivity index (χ1n) is 11.3. The molecule has 4 aromatic carbocycles. The molecule has 5 aromatic rings. The van der Waals surface area contributed by atoms with Crippen LogP contribution in [0.5, 0.6) is 28.7 Å². The highest BCUT2D eigenvalue weighted by Crippen LogP contribution is 2.40. The summed E-state index contributed by atoms with van der Waals surface area (Å²) in [4.78, 5) is 13.0. The minimum atomic E-state index is -5.00. The highest BCUT2D eigenvalue weighted by molar-refractivity contribution is 6.32. The standard InChI is InChI=1S/C29H18ClF3O5/c30-23-11-4-5-12-24(23)37-27-26(34)22-14-13-20(16-25(22)38-28(27)29(31,32)33)35-17-18-7-6-10-21(15-18)36-19-8-2-1-3-9-19/h1-16H,17H2. The van der Waals surface area contributed by atoms with Gasteiger partial charge in [0.15, 0.2) is 0 Å². The van der Waals surface area contributed by atoms with Crippen LogP contribution in [0, 0.1) is 0 Å². The molecule has 9 heteroatoms. The predicted molar refractivity (Wildman–Crippen MR) is 136 cm³/mol. The van der Waals surface area contributed by atoms with Crippen LogP contribution in [0.15, 0.2) is 106 Å². The Morgan fingerprint density at radius 2 is 1.50 bits per heavy atom. The van der Waals surface area contributed by atoms with Gasteiger partial charge in [0.1, 0.15) is 35.2 Å². The normalized spacial score (nSPS) is 11.4. The maximum absolute atomic E-state index is 13.8. The lowest BCUT2D eigenvalue weighted by Crippen LogP contribution is -2.15. The zero-order chi connectivity index (χ0) is 26.7. The van der Waals surface area contributed by atoms with Gasteiger partial charge in [-0.05, 0) is 54.1 Å². The minimum absolute atomic E-state index is 0.0436. The summed E-state index contributed by atoms with van der Waals surface area (Å²) in [6.45, 7) is 0.0988. The third-order valence-corrected chi connectivity index (χ3v) is 5.72. The summed E-state index contributed by atoms with van der Waals surface area (Å²) in [6, 6.07) is 26.3. The van der Waals surface area contributed by atoms with Crippen molar-refractivity contribution in [3.8, 4) is 28.7 Å². The molecule has 0 atom stereocenters. The van der Waals surface area contributed by atoms with E-state index in [0.717, 1.165) is 5.56 Å². The number of hydrogen-bond acceptors (Lipinski definition) is 5. The van der Waals surface area contributed by atoms with Crippen molar-refractivity contribution in [3.63, 3.8) is 0 Å². The summed E-state index contributed by atoms with van der Waals surface area (Å²) in [6.07, 6.45) is -5.00. The Kier molecular flexibility index (Phi) is 6.98. The molecule has 0 aliphatic rings. The van der Waals surface area contributed by atoms with Gasteiger partial charge >= 0.3 is 6.18 Å². The van der Waals surface area contributed by atoms with Gasteiger partial charge < -0.3 is 18.6 Å². The molecule has 0 unspecified atom stereocenters. The zero-order valence-corrected chi connectivity index (χ0v) is 20.3. The molecule has 0 N–H and O–H groups in total. The van der Waals surface area contributed by atoms with Crippen molar-refractivity contribution in [3.05, 3.63) is 124 Å². The molecule has 1 aromatic heterocycles. The fraction of sp³-hybridized carbons (Fsp3) is 0.0690. The fourth-order valence-electron chi connectivity index (χ4n) is 3.65. The molecule has 38 heavy (non-hydrogen) atoms. The molecule has 192 valence electrons. The van der Waals surface area contributed by atoms with Gasteiger partial charge in [-0.2, -0.15) is 13.2 Å². The highest BCUT2D eigenvalue weighted by Gasteiger charge is 2.40. The molecule has 0 amide bonds. The SMILES string of the molecule is O=c1c(Oc2ccccc2Cl)c(C(F)(F)F)oc2cc(OCc3cccc(Oc4ccccc4)c3)ccc12. The Labute approximate surface area is 219 Å². The smallest absolute Gasteiger partial charge is 0.453 e. The summed E-state index contributed by atoms with van der Waals surface area (Å²) in [5.41, 5.74) is -0.525. The van der Waals surface area contributed by atoms with E-state index in [1.807, 2.05) is 36.4 Å². The third kappa shape index (κ3) is 5.60. The molecule has 0 saturated carbocycles. The fourth-order valence-corrected chi connectivity index (χ4v) is 3.83. The number of para-hydroxylation sites is 2. The lowest BCUT2D eigenvalue weighted by molar-refractivity contribution is -0.154. The van der Waals surface area contributed by atoms with E-state index in [4.69, 9.17) is 30.2 Å². The van der Waals surface area contributed by atoms with Crippen LogP contribution in [0.3, 0.4) is 0 Å². The van der Waals surface area contributed by atoms with E-state index >= 15 is 0 Å². The second-order valence-corrected chi connectivity index (χ2v) is 8.54. The van der Waals surface area contributed by atoms with E-state index in [2.05, 4.69) is 0 Å². The molecule has 0 saturated heterocycles. The molecule has 1 heterocycles. The van der Waals surface area contributed by atoms with Gasteiger partial charge in [-0.3, -0.25) is 4.79 Å². The number of hydrogen-bond donors (Lipinski definition) is 0. The second-order valence-electron chi connectivity index (χ2n) is 8.13. The van der Waals surface area contributed by atoms with Gasteiger partial charge in [-0.25, -0.2) is 0 Å². The van der Waals surface area contributed by atoms with Gasteiger partial charge in [0.25, 0.3) is 5.76 Å². The average molecular weight is 539 g/mol. The van der Waals surface area contributed by atoms with E-state index in [0.29, 0.717) is 11.5 Å². The van der Waals surface area contributed by atoms with Crippen LogP contribution in [0.1, 0.15) is 11.3 Å². The van der Waals surface area contributed by atoms with Crippen LogP contribution in [0.4, 0.5) is 13.2 Å². The number of halogens is 4. The average Bonchev–Trinajstić information content (AvgIpc) is 2.90. The minimum Gasteiger partial charge on any atom is -0.489 e. The van der Waals surface area contributed by atoms with E-state index in [1.54, 1.807) is 24.3 Å². The van der Waals surface area contributed by atoms with Gasteiger partial charge in [-0.15, -0.1) is 0 Å². The first kappa shape index (κ1) is 25.2. The second kappa shape index (κ2) is 10.5. The maximum Gasteiger partial charge on any atom is 0.453 e. The Balaban J connectivity index is 1.41. The summed E-state index contributed by atoms with van der Waals surface area (Å²) < 4.78 is 63.5. The largest absolute Gasteiger partial charge is 0.489 e. The molecule has 5 rings (SSSR count). The van der Waals surface area contributed by atoms with Crippen molar-refractivity contribution >= 4 is 22.6 Å². The molecule has 5 nitrogen and oxygen atoms in total. The van der Waals surface area contributed by atoms with Crippen LogP contribution in [-0.2, 0) is 12.8 Å². The molecule has 0 aliphatic carbocycles. The predicted octanol–water partition coefficient (Wildman–Crippen LogP) is 8.63. The Morgan fingerprint density at radius 3 is 2.26 bits per heavy atom. The molecule has 0 spiro atoms. The molecule has 0 fully saturated rings. The van der Waals surface area contributed by atoms with Crippen molar-refractivity contribution in [2.45, 2.75) is 12.8 Å². The van der Waals surface area contributed by atoms with Crippen LogP contribution in [-0.4, -0.2) is 0 Å². The molecule has 0 bridgehead atoms. The van der Waals surface area contributed by atoms with Crippen LogP contribution in [0.2, 0.25) is 5.02 Å². The number of benzene rings is 4. The van der Waals surface area contributed by atoms with Crippen molar-refractivity contribution < 1.29 is 31.8 Å². The van der Waals surface area contributed by atoms with E-state index in [1.165, 1.54) is 36.4 Å². The Morgan fingerprint density at radius 1 is 0.763 bits per heavy atom. The van der Waals surface area contributed by atoms with Crippen molar-refractivity contribution in [2.24, 2.45) is 0 Å². The quantitative estimate of drug-likeness (QED) is 0.207. The first-order valence-corrected chi connectivity index (χ1v) is 11.7. The number of ether oxygens (including phenoxy) is 3. The maximum atomic E-state index is 13.8. The van der Waals surface area contributed by atoms with Gasteiger partial charge in [0.05, 0.1) is 10.4 Å². The number of alkyl halides is 3. The van der Waals surface area contributed by atoms with Gasteiger partial charge in [-0.1, -0.05) is 54.1 Å². The molecular formula is C29H18ClF3O5. The van der Waals surface area contributed by atoms with E-state index in [9.17, 15) is 18.0 Å². The molecule has 0 radical (unpaired) electrons. The Bertz CT molecular complexity index is 1650. The summed E-state index contributed by atoms with van der Waals surface area (Å²) in [5, 5.41) is -0.0623. The topological polar surface area (TPSA) is 57.9 Å². The van der Waals surface area contributed by atoms with Crippen molar-refractivity contribution in [1.82, 2.24) is 0 Å². The summed E-state index contributed by atoms with van der Waals surface area (Å²) >= 11 is 6.00. The van der Waals surface area contributed by atoms with Gasteiger partial charge in [0.2, 0.25) is 11.2 Å². The highest BCUT2D eigenvalue weighted by atomic mass is 35.5. The lowest BCUT2D eigenvalue weighted by Gasteiger charge is -2.14. The summed E-state index contributed by atoms with van der Waals surface area (Å²) in [5.74, 6) is -1.19. The van der Waals surface area contributed by atoms with Gasteiger partial charge in [0, 0.05) is 6.07 Å². The van der Waals surface area contributed by atoms with Crippen molar-refractivity contribution in [2.75, 3.05) is 0 Å². The molecule has 0 aliphatic heterocycles. The van der Waals surface area contributed by atoms with Crippen molar-refractivity contribution in [1.29, 1.82) is 0 Å². The first-order chi connectivity index (χ1) is 18.3. The van der Waals surface area contributed by atoms with E-state index < -0.39 is 23.1 Å². The number of rotatable bonds is 7. The number of fused-ring (bicyclic) bond motifs is 1. The van der Waals surface area contributed by atoms with Crippen LogP contribution >= 0.6 is 11.6 Å². The Hall–Kier alpha value is -4.43.